The predicted molar refractivity (Wildman–Crippen MR) is 48.9 cm³/mol. The van der Waals surface area contributed by atoms with Crippen LogP contribution in [0.5, 0.6) is 0 Å². The second kappa shape index (κ2) is 3.37. The predicted octanol–water partition coefficient (Wildman–Crippen LogP) is 0.412. The van der Waals surface area contributed by atoms with Crippen molar-refractivity contribution in [1.82, 2.24) is 15.1 Å². The quantitative estimate of drug-likeness (QED) is 0.730. The van der Waals surface area contributed by atoms with Gasteiger partial charge in [-0.3, -0.25) is 0 Å². The van der Waals surface area contributed by atoms with E-state index in [9.17, 15) is 4.79 Å². The number of pyridine rings is 1. The van der Waals surface area contributed by atoms with Gasteiger partial charge < -0.3 is 15.4 Å². The smallest absolute Gasteiger partial charge is 0.377 e. The van der Waals surface area contributed by atoms with E-state index in [1.807, 2.05) is 0 Å². The molecule has 0 atom stereocenters. The summed E-state index contributed by atoms with van der Waals surface area (Å²) in [6, 6.07) is 3.17. The molecule has 7 nitrogen and oxygen atoms in total. The summed E-state index contributed by atoms with van der Waals surface area (Å²) in [5, 5.41) is 11.8. The molecule has 3 N–H and O–H groups in total. The lowest BCUT2D eigenvalue weighted by molar-refractivity contribution is 0.0680. The molecule has 0 fully saturated rings. The van der Waals surface area contributed by atoms with Gasteiger partial charge >= 0.3 is 5.97 Å². The zero-order chi connectivity index (χ0) is 10.8. The molecule has 0 aromatic carbocycles. The van der Waals surface area contributed by atoms with E-state index in [4.69, 9.17) is 15.4 Å². The van der Waals surface area contributed by atoms with Crippen LogP contribution in [0.25, 0.3) is 11.5 Å². The van der Waals surface area contributed by atoms with Crippen molar-refractivity contribution >= 4 is 11.8 Å². The van der Waals surface area contributed by atoms with E-state index >= 15 is 0 Å². The standard InChI is InChI=1S/C8H6N4O3/c9-5-2-1-4(3-10-5)7-11-6(8(13)14)12-15-7/h1-3H,(H2,9,10)(H,13,14). The molecule has 76 valence electrons. The number of anilines is 1. The molecule has 7 heteroatoms. The molecule has 0 radical (unpaired) electrons. The summed E-state index contributed by atoms with van der Waals surface area (Å²) < 4.78 is 4.73. The van der Waals surface area contributed by atoms with Crippen LogP contribution in [0.4, 0.5) is 5.82 Å². The number of aromatic carboxylic acids is 1. The van der Waals surface area contributed by atoms with Crippen molar-refractivity contribution < 1.29 is 14.4 Å². The molecule has 2 rings (SSSR count). The van der Waals surface area contributed by atoms with Crippen LogP contribution in [0.2, 0.25) is 0 Å². The van der Waals surface area contributed by atoms with Gasteiger partial charge in [0, 0.05) is 6.20 Å². The molecular formula is C8H6N4O3. The van der Waals surface area contributed by atoms with Crippen LogP contribution in [0.1, 0.15) is 10.6 Å². The molecule has 2 heterocycles. The number of hydrogen-bond acceptors (Lipinski definition) is 6. The Labute approximate surface area is 83.6 Å². The molecular weight excluding hydrogens is 200 g/mol. The lowest BCUT2D eigenvalue weighted by atomic mass is 10.3. The highest BCUT2D eigenvalue weighted by atomic mass is 16.5. The minimum absolute atomic E-state index is 0.0971. The first-order chi connectivity index (χ1) is 7.16. The summed E-state index contributed by atoms with van der Waals surface area (Å²) in [4.78, 5) is 17.9. The first-order valence-corrected chi connectivity index (χ1v) is 3.96. The number of hydrogen-bond donors (Lipinski definition) is 2. The zero-order valence-corrected chi connectivity index (χ0v) is 7.41. The Morgan fingerprint density at radius 3 is 2.80 bits per heavy atom. The lowest BCUT2D eigenvalue weighted by Gasteiger charge is -1.93. The fourth-order valence-electron chi connectivity index (χ4n) is 0.959. The molecule has 0 spiro atoms. The maximum atomic E-state index is 10.5. The average molecular weight is 206 g/mol. The van der Waals surface area contributed by atoms with Crippen LogP contribution in [-0.2, 0) is 0 Å². The van der Waals surface area contributed by atoms with E-state index in [0.717, 1.165) is 0 Å². The summed E-state index contributed by atoms with van der Waals surface area (Å²) >= 11 is 0. The lowest BCUT2D eigenvalue weighted by Crippen LogP contribution is -1.98. The Morgan fingerprint density at radius 1 is 1.47 bits per heavy atom. The molecule has 2 aromatic heterocycles. The van der Waals surface area contributed by atoms with Gasteiger partial charge in [0.1, 0.15) is 5.82 Å². The molecule has 0 aliphatic carbocycles. The second-order valence-corrected chi connectivity index (χ2v) is 2.70. The summed E-state index contributed by atoms with van der Waals surface area (Å²) in [5.74, 6) is -1.17. The van der Waals surface area contributed by atoms with Gasteiger partial charge in [-0.15, -0.1) is 0 Å². The number of aromatic nitrogens is 3. The van der Waals surface area contributed by atoms with E-state index in [0.29, 0.717) is 11.4 Å². The minimum Gasteiger partial charge on any atom is -0.475 e. The van der Waals surface area contributed by atoms with Crippen LogP contribution in [0, 0.1) is 0 Å². The van der Waals surface area contributed by atoms with Gasteiger partial charge in [0.05, 0.1) is 5.56 Å². The Balaban J connectivity index is 2.37. The maximum Gasteiger partial charge on any atom is 0.377 e. The Morgan fingerprint density at radius 2 is 2.27 bits per heavy atom. The van der Waals surface area contributed by atoms with Crippen molar-refractivity contribution in [3.8, 4) is 11.5 Å². The second-order valence-electron chi connectivity index (χ2n) is 2.70. The van der Waals surface area contributed by atoms with Gasteiger partial charge in [-0.05, 0) is 17.3 Å². The molecule has 0 aliphatic heterocycles. The highest BCUT2D eigenvalue weighted by molar-refractivity contribution is 5.83. The number of rotatable bonds is 2. The van der Waals surface area contributed by atoms with Gasteiger partial charge in [0.25, 0.3) is 11.7 Å². The number of nitrogens with zero attached hydrogens (tertiary/aromatic N) is 3. The van der Waals surface area contributed by atoms with E-state index < -0.39 is 5.97 Å². The number of carbonyl (C=O) groups is 1. The number of carboxylic acid groups (broad SMARTS) is 1. The third-order valence-electron chi connectivity index (χ3n) is 1.65. The molecule has 0 bridgehead atoms. The van der Waals surface area contributed by atoms with Crippen LogP contribution < -0.4 is 5.73 Å². The van der Waals surface area contributed by atoms with E-state index in [1.54, 1.807) is 12.1 Å². The fourth-order valence-corrected chi connectivity index (χ4v) is 0.959. The van der Waals surface area contributed by atoms with Crippen molar-refractivity contribution in [2.45, 2.75) is 0 Å². The minimum atomic E-state index is -1.24. The van der Waals surface area contributed by atoms with Gasteiger partial charge in [-0.2, -0.15) is 4.98 Å². The topological polar surface area (TPSA) is 115 Å². The largest absolute Gasteiger partial charge is 0.475 e. The normalized spacial score (nSPS) is 10.1. The number of nitrogens with two attached hydrogens (primary N) is 1. The SMILES string of the molecule is Nc1ccc(-c2nc(C(=O)O)no2)cn1. The monoisotopic (exact) mass is 206 g/mol. The molecule has 0 unspecified atom stereocenters. The number of carboxylic acids is 1. The van der Waals surface area contributed by atoms with Crippen LogP contribution in [0.15, 0.2) is 22.9 Å². The third kappa shape index (κ3) is 1.75. The molecule has 0 saturated heterocycles. The first kappa shape index (κ1) is 9.13. The first-order valence-electron chi connectivity index (χ1n) is 3.96. The Kier molecular flexibility index (Phi) is 2.05. The van der Waals surface area contributed by atoms with Crippen LogP contribution in [0.3, 0.4) is 0 Å². The van der Waals surface area contributed by atoms with Gasteiger partial charge in [-0.25, -0.2) is 9.78 Å². The van der Waals surface area contributed by atoms with Crippen molar-refractivity contribution in [2.24, 2.45) is 0 Å². The fraction of sp³-hybridized carbons (Fsp3) is 0. The van der Waals surface area contributed by atoms with Crippen molar-refractivity contribution in [3.63, 3.8) is 0 Å². The van der Waals surface area contributed by atoms with E-state index in [1.165, 1.54) is 6.20 Å². The molecule has 15 heavy (non-hydrogen) atoms. The van der Waals surface area contributed by atoms with Crippen molar-refractivity contribution in [1.29, 1.82) is 0 Å². The van der Waals surface area contributed by atoms with Crippen molar-refractivity contribution in [3.05, 3.63) is 24.2 Å². The van der Waals surface area contributed by atoms with Crippen LogP contribution in [-0.4, -0.2) is 26.2 Å². The molecule has 2 aromatic rings. The van der Waals surface area contributed by atoms with Gasteiger partial charge in [0.15, 0.2) is 0 Å². The highest BCUT2D eigenvalue weighted by Gasteiger charge is 2.14. The van der Waals surface area contributed by atoms with Gasteiger partial charge in [0.2, 0.25) is 0 Å². The Hall–Kier alpha value is -2.44. The van der Waals surface area contributed by atoms with Gasteiger partial charge in [-0.1, -0.05) is 0 Å². The zero-order valence-electron chi connectivity index (χ0n) is 7.41. The van der Waals surface area contributed by atoms with E-state index in [2.05, 4.69) is 15.1 Å². The summed E-state index contributed by atoms with van der Waals surface area (Å²) in [5.41, 5.74) is 5.90. The van der Waals surface area contributed by atoms with Crippen LogP contribution >= 0.6 is 0 Å². The molecule has 0 amide bonds. The molecule has 0 aliphatic rings. The maximum absolute atomic E-state index is 10.5. The summed E-state index contributed by atoms with van der Waals surface area (Å²) in [6.07, 6.45) is 1.43. The van der Waals surface area contributed by atoms with E-state index in [-0.39, 0.29) is 11.7 Å². The number of nitrogen functional groups attached to an aromatic ring is 1. The Bertz CT molecular complexity index is 491. The highest BCUT2D eigenvalue weighted by Crippen LogP contribution is 2.16. The average Bonchev–Trinajstić information content (AvgIpc) is 2.68. The third-order valence-corrected chi connectivity index (χ3v) is 1.65. The summed E-state index contributed by atoms with van der Waals surface area (Å²) in [7, 11) is 0. The summed E-state index contributed by atoms with van der Waals surface area (Å²) in [6.45, 7) is 0. The molecule has 0 saturated carbocycles. The van der Waals surface area contributed by atoms with Crippen molar-refractivity contribution in [2.75, 3.05) is 5.73 Å².